The maximum absolute atomic E-state index is 13.3. The van der Waals surface area contributed by atoms with Crippen molar-refractivity contribution in [2.75, 3.05) is 88.5 Å². The minimum Gasteiger partial charge on any atom is -0.465 e. The van der Waals surface area contributed by atoms with E-state index in [-0.39, 0.29) is 70.7 Å². The molecule has 2 aromatic carbocycles. The Labute approximate surface area is 594 Å². The van der Waals surface area contributed by atoms with Gasteiger partial charge in [-0.1, -0.05) is 41.5 Å². The maximum Gasteiger partial charge on any atom is 0.331 e. The number of aromatic amines is 2. The predicted octanol–water partition coefficient (Wildman–Crippen LogP) is 2.00. The van der Waals surface area contributed by atoms with Gasteiger partial charge >= 0.3 is 23.9 Å². The van der Waals surface area contributed by atoms with Crippen LogP contribution in [0.15, 0.2) is 105 Å². The molecule has 2 aliphatic heterocycles. The number of anilines is 7. The molecule has 0 saturated carbocycles. The van der Waals surface area contributed by atoms with Crippen LogP contribution in [0.5, 0.6) is 0 Å². The molecule has 2 aliphatic rings. The zero-order chi connectivity index (χ0) is 77.3. The molecule has 0 fully saturated rings. The molecule has 103 heavy (non-hydrogen) atoms. The Balaban J connectivity index is 0.000000280. The van der Waals surface area contributed by atoms with E-state index < -0.39 is 104 Å². The van der Waals surface area contributed by atoms with Gasteiger partial charge in [-0.25, -0.2) is 38.8 Å². The molecule has 1 atom stereocenters. The average Bonchev–Trinajstić information content (AvgIpc) is 1.74. The van der Waals surface area contributed by atoms with E-state index in [4.69, 9.17) is 21.3 Å². The van der Waals surface area contributed by atoms with Crippen LogP contribution >= 0.6 is 0 Å². The fourth-order valence-electron chi connectivity index (χ4n) is 8.85. The standard InChI is InChI=1S/C19H22N6O6S2.C14H19N3O4.C10H16O6.C8H15N3.C7H11N3O4S2.C3H5N3/c1-11(2)7-9-24-15-6-8-20-25(15)19(27)16(18(24)26)17-21-13-5-4-12(22-32(3,28)29)10-14(13)33(30,31)23-17;1-4-21-14(20)11-12(18)16(8-6-9(2)3)10-5-7-15-17(10)13(11)19;1-4-14-8(11)7(9(12)15-5-2)10(13)16-6-3;1-7(2)3-5-9-8-4-6-10-11-8;1-15(11,12)10-5-2-3-6(8)7(4-5)16(9,13)14;4-3-1-2-5-6-3/h4-6,8,10-11,21-23H,7,9H2,1-3H3;5,7,9,11H,4,6,8H2,1-3H3;7H,4-6H2,1-3H3;4,6-7H,3,5H2,1-2H3,(H2,9,10,11);2-4,10H,8H2,1H3,(H2,9,13,14);1-2H,(H3,4,5,6). The first-order valence-electron chi connectivity index (χ1n) is 31.7. The van der Waals surface area contributed by atoms with Crippen LogP contribution in [0, 0.1) is 29.6 Å². The number of benzene rings is 2. The molecular formula is C61H88N18O20S4. The first-order valence-corrected chi connectivity index (χ1v) is 38.5. The molecule has 9 rings (SSSR count). The van der Waals surface area contributed by atoms with Crippen LogP contribution in [0.1, 0.15) is 93.3 Å². The summed E-state index contributed by atoms with van der Waals surface area (Å²) in [4.78, 5) is 97.9. The maximum atomic E-state index is 13.3. The summed E-state index contributed by atoms with van der Waals surface area (Å²) in [6, 6.07) is 14.3. The Kier molecular flexibility index (Phi) is 31.8. The van der Waals surface area contributed by atoms with Crippen LogP contribution in [-0.4, -0.2) is 166 Å². The third-order valence-electron chi connectivity index (χ3n) is 13.6. The fraction of sp³-hybridized carbons (Fsp3) is 0.443. The van der Waals surface area contributed by atoms with Crippen molar-refractivity contribution in [1.82, 2.24) is 49.1 Å². The van der Waals surface area contributed by atoms with E-state index in [1.165, 1.54) is 52.5 Å². The van der Waals surface area contributed by atoms with E-state index in [0.29, 0.717) is 42.7 Å². The number of ether oxygens (including phenoxy) is 4. The molecule has 566 valence electrons. The molecule has 42 heteroatoms. The number of nitrogens with zero attached hydrogens (tertiary/aromatic N) is 8. The van der Waals surface area contributed by atoms with Crippen molar-refractivity contribution in [3.05, 3.63) is 111 Å². The Morgan fingerprint density at radius 1 is 0.631 bits per heavy atom. The Bertz CT molecular complexity index is 4670. The van der Waals surface area contributed by atoms with E-state index in [1.54, 1.807) is 58.3 Å². The number of amides is 1. The van der Waals surface area contributed by atoms with Crippen molar-refractivity contribution in [3.8, 4) is 0 Å². The number of sulfonamides is 4. The number of nitrogens with two attached hydrogens (primary N) is 3. The normalized spacial score (nSPS) is 14.1. The van der Waals surface area contributed by atoms with Gasteiger partial charge in [0.15, 0.2) is 0 Å². The molecule has 0 saturated heterocycles. The van der Waals surface area contributed by atoms with Crippen LogP contribution in [0.2, 0.25) is 0 Å². The third kappa shape index (κ3) is 25.8. The zero-order valence-corrected chi connectivity index (χ0v) is 61.9. The number of carbonyl (C=O) groups is 6. The summed E-state index contributed by atoms with van der Waals surface area (Å²) in [6.45, 7) is 21.0. The highest BCUT2D eigenvalue weighted by atomic mass is 32.2. The number of nitrogens with one attached hydrogen (secondary N) is 7. The molecule has 7 heterocycles. The molecule has 7 aromatic rings. The number of nitrogen functional groups attached to an aromatic ring is 2. The minimum absolute atomic E-state index is 0.0402. The molecule has 0 spiro atoms. The van der Waals surface area contributed by atoms with Gasteiger partial charge in [0.25, 0.3) is 38.9 Å². The summed E-state index contributed by atoms with van der Waals surface area (Å²) in [5.74, 6) is -4.77. The number of primary sulfonamides is 1. The van der Waals surface area contributed by atoms with Crippen LogP contribution in [0.3, 0.4) is 0 Å². The van der Waals surface area contributed by atoms with Gasteiger partial charge in [0.2, 0.25) is 36.0 Å². The Morgan fingerprint density at radius 3 is 1.66 bits per heavy atom. The molecule has 1 unspecified atom stereocenters. The van der Waals surface area contributed by atoms with Gasteiger partial charge in [0.1, 0.15) is 43.9 Å². The van der Waals surface area contributed by atoms with E-state index in [9.17, 15) is 72.0 Å². The van der Waals surface area contributed by atoms with E-state index in [0.717, 1.165) is 58.5 Å². The SMILES string of the molecule is CC(C)CCNc1ccn[nH]1.CC(C)CCn1c(=O)c(=C2Nc3ccc(NS(C)(=O)=O)cc3S(=O)(=O)N2)c(=O)n2nccc12.CCOC(=O)C(C(=O)OCC)C(=O)OCC.CCOC(=O)C1C(=O)N(CCC(C)C)c2ccnn2C1=O.CS(=O)(=O)Nc1ccc(N)c(S(N)(=O)=O)c1.Nc1ccn[nH]1. The molecule has 1 amide bonds. The molecular weight excluding hydrogens is 1430 g/mol. The van der Waals surface area contributed by atoms with E-state index in [1.807, 2.05) is 33.8 Å². The topological polar surface area (TPSA) is 549 Å². The first kappa shape index (κ1) is 85.0. The van der Waals surface area contributed by atoms with Crippen LogP contribution in [0.25, 0.3) is 11.5 Å². The van der Waals surface area contributed by atoms with Crippen molar-refractivity contribution < 1.29 is 81.4 Å². The number of hydrogen-bond donors (Lipinski definition) is 10. The van der Waals surface area contributed by atoms with Crippen molar-refractivity contribution in [2.24, 2.45) is 34.7 Å². The summed E-state index contributed by atoms with van der Waals surface area (Å²) in [7, 11) is -15.3. The monoisotopic (exact) mass is 1520 g/mol. The molecule has 0 bridgehead atoms. The Hall–Kier alpha value is -10.5. The first-order chi connectivity index (χ1) is 48.2. The number of aryl methyl sites for hydroxylation is 1. The quantitative estimate of drug-likeness (QED) is 0.0189. The highest BCUT2D eigenvalue weighted by Gasteiger charge is 2.46. The second kappa shape index (κ2) is 38.5. The van der Waals surface area contributed by atoms with Gasteiger partial charge in [-0.05, 0) is 113 Å². The number of esters is 4. The fourth-order valence-corrected chi connectivity index (χ4v) is 11.9. The molecule has 13 N–H and O–H groups in total. The summed E-state index contributed by atoms with van der Waals surface area (Å²) in [5, 5.41) is 31.2. The van der Waals surface area contributed by atoms with E-state index >= 15 is 0 Å². The second-order valence-corrected chi connectivity index (χ2v) is 30.0. The van der Waals surface area contributed by atoms with E-state index in [2.05, 4.69) is 83.5 Å². The number of carbonyl (C=O) groups excluding carboxylic acids is 6. The largest absolute Gasteiger partial charge is 0.465 e. The van der Waals surface area contributed by atoms with Crippen molar-refractivity contribution in [3.63, 3.8) is 0 Å². The van der Waals surface area contributed by atoms with Crippen LogP contribution in [0.4, 0.5) is 40.2 Å². The smallest absolute Gasteiger partial charge is 0.331 e. The lowest BCUT2D eigenvalue weighted by atomic mass is 10.0. The van der Waals surface area contributed by atoms with Gasteiger partial charge in [-0.2, -0.15) is 29.6 Å². The van der Waals surface area contributed by atoms with Crippen molar-refractivity contribution in [1.29, 1.82) is 0 Å². The highest BCUT2D eigenvalue weighted by Crippen LogP contribution is 2.31. The predicted molar refractivity (Wildman–Crippen MR) is 381 cm³/mol. The van der Waals surface area contributed by atoms with Crippen molar-refractivity contribution in [2.45, 2.75) is 105 Å². The molecule has 0 radical (unpaired) electrons. The summed E-state index contributed by atoms with van der Waals surface area (Å²) in [6.07, 6.45) is 10.7. The van der Waals surface area contributed by atoms with Crippen LogP contribution in [-0.2, 0) is 89.6 Å². The summed E-state index contributed by atoms with van der Waals surface area (Å²) < 4.78 is 122. The van der Waals surface area contributed by atoms with Crippen LogP contribution < -0.4 is 62.6 Å². The number of aromatic nitrogens is 9. The number of hydrogen-bond acceptors (Lipinski definition) is 28. The molecule has 5 aromatic heterocycles. The third-order valence-corrected chi connectivity index (χ3v) is 17.2. The number of fused-ring (bicyclic) bond motifs is 3. The zero-order valence-electron chi connectivity index (χ0n) is 58.6. The number of H-pyrrole nitrogens is 2. The van der Waals surface area contributed by atoms with Crippen molar-refractivity contribution >= 4 is 127 Å². The lowest BCUT2D eigenvalue weighted by Gasteiger charge is -2.30. The van der Waals surface area contributed by atoms with Gasteiger partial charge in [-0.15, -0.1) is 0 Å². The molecule has 0 aliphatic carbocycles. The Morgan fingerprint density at radius 2 is 1.17 bits per heavy atom. The summed E-state index contributed by atoms with van der Waals surface area (Å²) >= 11 is 0. The minimum atomic E-state index is -4.23. The summed E-state index contributed by atoms with van der Waals surface area (Å²) in [5.41, 5.74) is 9.62. The molecule has 38 nitrogen and oxygen atoms in total. The average molecular weight is 1520 g/mol. The highest BCUT2D eigenvalue weighted by molar-refractivity contribution is 7.92. The lowest BCUT2D eigenvalue weighted by molar-refractivity contribution is -0.172. The van der Waals surface area contributed by atoms with Gasteiger partial charge in [0, 0.05) is 43.1 Å². The number of rotatable bonds is 23. The second-order valence-electron chi connectivity index (χ2n) is 23.4. The van der Waals surface area contributed by atoms with Gasteiger partial charge < -0.3 is 41.0 Å². The van der Waals surface area contributed by atoms with Gasteiger partial charge in [-0.3, -0.25) is 72.2 Å². The van der Waals surface area contributed by atoms with Gasteiger partial charge in [0.05, 0.1) is 75.1 Å². The lowest BCUT2D eigenvalue weighted by Crippen LogP contribution is -2.53.